The summed E-state index contributed by atoms with van der Waals surface area (Å²) in [5, 5.41) is 2.30. The molecule has 6 nitrogen and oxygen atoms in total. The standard InChI is InChI=1S/C22H24N4O2/c1-25(2)20-13-23-14-21(24-20)28-18-10-11-26(15-18)22(27)12-17-8-5-7-16-6-3-4-9-19(16)17/h3-9,13-14,18H,10-12,15H2,1-2H3. The van der Waals surface area contributed by atoms with E-state index >= 15 is 0 Å². The van der Waals surface area contributed by atoms with Crippen LogP contribution in [0.3, 0.4) is 0 Å². The number of anilines is 1. The van der Waals surface area contributed by atoms with Crippen molar-refractivity contribution in [2.75, 3.05) is 32.1 Å². The molecule has 0 aliphatic carbocycles. The van der Waals surface area contributed by atoms with Gasteiger partial charge in [0.2, 0.25) is 11.8 Å². The van der Waals surface area contributed by atoms with E-state index in [1.165, 1.54) is 0 Å². The summed E-state index contributed by atoms with van der Waals surface area (Å²) in [7, 11) is 3.83. The summed E-state index contributed by atoms with van der Waals surface area (Å²) in [5.41, 5.74) is 1.07. The number of aromatic nitrogens is 2. The van der Waals surface area contributed by atoms with E-state index in [1.807, 2.05) is 48.2 Å². The Morgan fingerprint density at radius 1 is 1.18 bits per heavy atom. The lowest BCUT2D eigenvalue weighted by molar-refractivity contribution is -0.129. The molecule has 0 radical (unpaired) electrons. The van der Waals surface area contributed by atoms with Gasteiger partial charge in [-0.1, -0.05) is 42.5 Å². The van der Waals surface area contributed by atoms with Gasteiger partial charge in [-0.15, -0.1) is 0 Å². The molecule has 4 rings (SSSR count). The van der Waals surface area contributed by atoms with E-state index < -0.39 is 0 Å². The van der Waals surface area contributed by atoms with Gasteiger partial charge in [0.1, 0.15) is 6.10 Å². The molecule has 1 aliphatic heterocycles. The highest BCUT2D eigenvalue weighted by Crippen LogP contribution is 2.22. The fourth-order valence-corrected chi connectivity index (χ4v) is 3.55. The van der Waals surface area contributed by atoms with Crippen LogP contribution in [0.1, 0.15) is 12.0 Å². The van der Waals surface area contributed by atoms with E-state index in [-0.39, 0.29) is 12.0 Å². The first-order valence-corrected chi connectivity index (χ1v) is 9.50. The molecule has 0 bridgehead atoms. The van der Waals surface area contributed by atoms with Gasteiger partial charge in [0, 0.05) is 27.1 Å². The number of ether oxygens (including phenoxy) is 1. The minimum absolute atomic E-state index is 0.0526. The maximum atomic E-state index is 12.8. The van der Waals surface area contributed by atoms with Gasteiger partial charge >= 0.3 is 0 Å². The average Bonchev–Trinajstić information content (AvgIpc) is 3.17. The Balaban J connectivity index is 1.40. The fraction of sp³-hybridized carbons (Fsp3) is 0.318. The van der Waals surface area contributed by atoms with Crippen molar-refractivity contribution in [3.63, 3.8) is 0 Å². The molecule has 0 saturated carbocycles. The second kappa shape index (κ2) is 7.84. The number of hydrogen-bond donors (Lipinski definition) is 0. The molecule has 3 aromatic rings. The largest absolute Gasteiger partial charge is 0.471 e. The van der Waals surface area contributed by atoms with Crippen LogP contribution < -0.4 is 9.64 Å². The molecule has 28 heavy (non-hydrogen) atoms. The van der Waals surface area contributed by atoms with Crippen molar-refractivity contribution >= 4 is 22.5 Å². The maximum Gasteiger partial charge on any atom is 0.234 e. The van der Waals surface area contributed by atoms with Crippen LogP contribution in [0.2, 0.25) is 0 Å². The van der Waals surface area contributed by atoms with E-state index in [0.717, 1.165) is 28.6 Å². The van der Waals surface area contributed by atoms with E-state index in [2.05, 4.69) is 28.2 Å². The molecular weight excluding hydrogens is 352 g/mol. The summed E-state index contributed by atoms with van der Waals surface area (Å²) in [4.78, 5) is 25.2. The predicted molar refractivity (Wildman–Crippen MR) is 110 cm³/mol. The number of amides is 1. The lowest BCUT2D eigenvalue weighted by atomic mass is 10.0. The topological polar surface area (TPSA) is 58.6 Å². The van der Waals surface area contributed by atoms with Crippen LogP contribution in [0, 0.1) is 0 Å². The number of carbonyl (C=O) groups excluding carboxylic acids is 1. The van der Waals surface area contributed by atoms with Gasteiger partial charge in [-0.05, 0) is 16.3 Å². The quantitative estimate of drug-likeness (QED) is 0.685. The third-order valence-corrected chi connectivity index (χ3v) is 5.06. The predicted octanol–water partition coefficient (Wildman–Crippen LogP) is 2.92. The molecule has 0 N–H and O–H groups in total. The average molecular weight is 376 g/mol. The molecule has 2 heterocycles. The summed E-state index contributed by atoms with van der Waals surface area (Å²) in [6.07, 6.45) is 4.47. The maximum absolute atomic E-state index is 12.8. The molecule has 0 spiro atoms. The van der Waals surface area contributed by atoms with Crippen molar-refractivity contribution in [3.05, 3.63) is 60.4 Å². The van der Waals surface area contributed by atoms with Gasteiger partial charge in [-0.3, -0.25) is 9.78 Å². The summed E-state index contributed by atoms with van der Waals surface area (Å²) in [6, 6.07) is 14.3. The van der Waals surface area contributed by atoms with Crippen molar-refractivity contribution in [3.8, 4) is 5.88 Å². The van der Waals surface area contributed by atoms with Gasteiger partial charge in [0.15, 0.2) is 5.82 Å². The van der Waals surface area contributed by atoms with Crippen molar-refractivity contribution in [1.82, 2.24) is 14.9 Å². The van der Waals surface area contributed by atoms with Crippen LogP contribution in [0.15, 0.2) is 54.9 Å². The lowest BCUT2D eigenvalue weighted by Crippen LogP contribution is -2.32. The monoisotopic (exact) mass is 376 g/mol. The first-order valence-electron chi connectivity index (χ1n) is 9.50. The molecular formula is C22H24N4O2. The molecule has 6 heteroatoms. The van der Waals surface area contributed by atoms with Crippen molar-refractivity contribution in [1.29, 1.82) is 0 Å². The van der Waals surface area contributed by atoms with Gasteiger partial charge in [-0.2, -0.15) is 4.98 Å². The van der Waals surface area contributed by atoms with E-state index in [1.54, 1.807) is 12.4 Å². The van der Waals surface area contributed by atoms with Crippen molar-refractivity contribution < 1.29 is 9.53 Å². The first-order chi connectivity index (χ1) is 13.6. The number of fused-ring (bicyclic) bond motifs is 1. The van der Waals surface area contributed by atoms with Crippen LogP contribution in [-0.4, -0.2) is 54.1 Å². The van der Waals surface area contributed by atoms with Gasteiger partial charge in [0.25, 0.3) is 0 Å². The van der Waals surface area contributed by atoms with Crippen LogP contribution in [-0.2, 0) is 11.2 Å². The Morgan fingerprint density at radius 3 is 2.86 bits per heavy atom. The molecule has 1 amide bonds. The molecule has 2 aromatic carbocycles. The SMILES string of the molecule is CN(C)c1cncc(OC2CCN(C(=O)Cc3cccc4ccccc34)C2)n1. The highest BCUT2D eigenvalue weighted by molar-refractivity contribution is 5.90. The molecule has 1 atom stereocenters. The molecule has 1 saturated heterocycles. The molecule has 144 valence electrons. The number of rotatable bonds is 5. The fourth-order valence-electron chi connectivity index (χ4n) is 3.55. The van der Waals surface area contributed by atoms with Crippen molar-refractivity contribution in [2.45, 2.75) is 18.9 Å². The normalized spacial score (nSPS) is 16.4. The molecule has 1 aromatic heterocycles. The van der Waals surface area contributed by atoms with Crippen LogP contribution in [0.4, 0.5) is 5.82 Å². The van der Waals surface area contributed by atoms with Crippen LogP contribution in [0.25, 0.3) is 10.8 Å². The summed E-state index contributed by atoms with van der Waals surface area (Å²) in [5.74, 6) is 1.38. The summed E-state index contributed by atoms with van der Waals surface area (Å²) < 4.78 is 5.97. The van der Waals surface area contributed by atoms with E-state index in [0.29, 0.717) is 25.4 Å². The number of carbonyl (C=O) groups is 1. The number of hydrogen-bond acceptors (Lipinski definition) is 5. The molecule has 1 aliphatic rings. The lowest BCUT2D eigenvalue weighted by Gasteiger charge is -2.18. The molecule has 1 fully saturated rings. The smallest absolute Gasteiger partial charge is 0.234 e. The summed E-state index contributed by atoms with van der Waals surface area (Å²) in [6.45, 7) is 1.28. The Bertz CT molecular complexity index is 984. The third-order valence-electron chi connectivity index (χ3n) is 5.06. The molecule has 1 unspecified atom stereocenters. The second-order valence-electron chi connectivity index (χ2n) is 7.29. The zero-order valence-electron chi connectivity index (χ0n) is 16.2. The highest BCUT2D eigenvalue weighted by atomic mass is 16.5. The van der Waals surface area contributed by atoms with E-state index in [9.17, 15) is 4.79 Å². The zero-order valence-corrected chi connectivity index (χ0v) is 16.2. The van der Waals surface area contributed by atoms with E-state index in [4.69, 9.17) is 4.74 Å². The Labute approximate surface area is 164 Å². The van der Waals surface area contributed by atoms with Crippen LogP contribution >= 0.6 is 0 Å². The number of nitrogens with zero attached hydrogens (tertiary/aromatic N) is 4. The van der Waals surface area contributed by atoms with Gasteiger partial charge in [0.05, 0.1) is 25.4 Å². The number of likely N-dealkylation sites (tertiary alicyclic amines) is 1. The summed E-state index contributed by atoms with van der Waals surface area (Å²) >= 11 is 0. The van der Waals surface area contributed by atoms with Crippen LogP contribution in [0.5, 0.6) is 5.88 Å². The Kier molecular flexibility index (Phi) is 5.10. The minimum Gasteiger partial charge on any atom is -0.471 e. The highest BCUT2D eigenvalue weighted by Gasteiger charge is 2.28. The van der Waals surface area contributed by atoms with Gasteiger partial charge in [-0.25, -0.2) is 0 Å². The Morgan fingerprint density at radius 2 is 2.00 bits per heavy atom. The van der Waals surface area contributed by atoms with Crippen molar-refractivity contribution in [2.24, 2.45) is 0 Å². The minimum atomic E-state index is -0.0526. The third kappa shape index (κ3) is 3.91. The second-order valence-corrected chi connectivity index (χ2v) is 7.29. The number of benzene rings is 2. The zero-order chi connectivity index (χ0) is 19.5. The Hall–Kier alpha value is -3.15. The first kappa shape index (κ1) is 18.2. The van der Waals surface area contributed by atoms with Gasteiger partial charge < -0.3 is 14.5 Å².